The van der Waals surface area contributed by atoms with Crippen molar-refractivity contribution in [3.63, 3.8) is 0 Å². The Kier molecular flexibility index (Phi) is 1.92. The maximum atomic E-state index is 5.60. The van der Waals surface area contributed by atoms with Gasteiger partial charge in [-0.05, 0) is 25.8 Å². The number of aromatic nitrogens is 2. The van der Waals surface area contributed by atoms with Gasteiger partial charge in [0.2, 0.25) is 0 Å². The highest BCUT2D eigenvalue weighted by molar-refractivity contribution is 5.26. The Morgan fingerprint density at radius 1 is 1.62 bits per heavy atom. The van der Waals surface area contributed by atoms with E-state index in [1.54, 1.807) is 12.3 Å². The molecule has 0 aliphatic carbocycles. The van der Waals surface area contributed by atoms with Crippen molar-refractivity contribution < 1.29 is 4.74 Å². The minimum atomic E-state index is -0.324. The van der Waals surface area contributed by atoms with Crippen molar-refractivity contribution in [3.05, 3.63) is 18.1 Å². The molecule has 4 heteroatoms. The van der Waals surface area contributed by atoms with Crippen LogP contribution in [0.1, 0.15) is 25.6 Å². The molecule has 2 N–H and O–H groups in total. The van der Waals surface area contributed by atoms with Crippen LogP contribution in [-0.2, 0) is 10.3 Å². The summed E-state index contributed by atoms with van der Waals surface area (Å²) in [7, 11) is 0. The Hall–Kier alpha value is -1.16. The molecule has 1 aromatic rings. The first-order valence-electron chi connectivity index (χ1n) is 4.44. The molecule has 13 heavy (non-hydrogen) atoms. The van der Waals surface area contributed by atoms with Gasteiger partial charge in [0.1, 0.15) is 11.4 Å². The molecule has 1 atom stereocenters. The Morgan fingerprint density at radius 3 is 3.08 bits per heavy atom. The van der Waals surface area contributed by atoms with Crippen LogP contribution in [0.2, 0.25) is 0 Å². The van der Waals surface area contributed by atoms with Gasteiger partial charge in [-0.25, -0.2) is 9.97 Å². The lowest BCUT2D eigenvalue weighted by molar-refractivity contribution is 0.00944. The van der Waals surface area contributed by atoms with E-state index in [0.29, 0.717) is 11.6 Å². The van der Waals surface area contributed by atoms with E-state index in [0.717, 1.165) is 19.4 Å². The molecular formula is C9H13N3O. The fraction of sp³-hybridized carbons (Fsp3) is 0.556. The molecular weight excluding hydrogens is 166 g/mol. The Labute approximate surface area is 77.1 Å². The van der Waals surface area contributed by atoms with Crippen LogP contribution in [0, 0.1) is 0 Å². The van der Waals surface area contributed by atoms with E-state index in [1.165, 1.54) is 0 Å². The monoisotopic (exact) mass is 179 g/mol. The van der Waals surface area contributed by atoms with Crippen molar-refractivity contribution in [1.82, 2.24) is 9.97 Å². The quantitative estimate of drug-likeness (QED) is 0.700. The van der Waals surface area contributed by atoms with Crippen LogP contribution < -0.4 is 5.73 Å². The van der Waals surface area contributed by atoms with Gasteiger partial charge in [0, 0.05) is 12.8 Å². The van der Waals surface area contributed by atoms with Gasteiger partial charge in [0.15, 0.2) is 5.82 Å². The first kappa shape index (κ1) is 8.44. The van der Waals surface area contributed by atoms with Crippen LogP contribution in [0.15, 0.2) is 12.3 Å². The standard InChI is InChI=1S/C9H13N3O/c1-9(4-2-6-13-9)8-11-5-3-7(10)12-8/h3,5H,2,4,6H2,1H3,(H2,10,11,12). The fourth-order valence-corrected chi connectivity index (χ4v) is 1.58. The van der Waals surface area contributed by atoms with Crippen LogP contribution in [-0.4, -0.2) is 16.6 Å². The maximum Gasteiger partial charge on any atom is 0.162 e. The third-order valence-electron chi connectivity index (χ3n) is 2.37. The van der Waals surface area contributed by atoms with E-state index in [2.05, 4.69) is 9.97 Å². The summed E-state index contributed by atoms with van der Waals surface area (Å²) in [6, 6.07) is 1.68. The predicted molar refractivity (Wildman–Crippen MR) is 49.0 cm³/mol. The van der Waals surface area contributed by atoms with Crippen LogP contribution in [0.4, 0.5) is 5.82 Å². The van der Waals surface area contributed by atoms with Crippen LogP contribution >= 0.6 is 0 Å². The lowest BCUT2D eigenvalue weighted by Crippen LogP contribution is -2.23. The van der Waals surface area contributed by atoms with Crippen molar-refractivity contribution in [2.45, 2.75) is 25.4 Å². The number of hydrogen-bond donors (Lipinski definition) is 1. The van der Waals surface area contributed by atoms with E-state index >= 15 is 0 Å². The lowest BCUT2D eigenvalue weighted by Gasteiger charge is -2.20. The molecule has 0 spiro atoms. The molecule has 70 valence electrons. The van der Waals surface area contributed by atoms with Gasteiger partial charge >= 0.3 is 0 Å². The summed E-state index contributed by atoms with van der Waals surface area (Å²) in [5, 5.41) is 0. The van der Waals surface area contributed by atoms with Gasteiger partial charge in [-0.15, -0.1) is 0 Å². The molecule has 1 aliphatic rings. The minimum Gasteiger partial charge on any atom is -0.384 e. The molecule has 0 radical (unpaired) electrons. The van der Waals surface area contributed by atoms with Crippen LogP contribution in [0.25, 0.3) is 0 Å². The van der Waals surface area contributed by atoms with Crippen LogP contribution in [0.5, 0.6) is 0 Å². The van der Waals surface area contributed by atoms with Gasteiger partial charge in [-0.2, -0.15) is 0 Å². The average Bonchev–Trinajstić information content (AvgIpc) is 2.54. The smallest absolute Gasteiger partial charge is 0.162 e. The number of hydrogen-bond acceptors (Lipinski definition) is 4. The summed E-state index contributed by atoms with van der Waals surface area (Å²) in [6.45, 7) is 2.80. The zero-order chi connectivity index (χ0) is 9.31. The molecule has 1 unspecified atom stereocenters. The van der Waals surface area contributed by atoms with E-state index in [1.807, 2.05) is 6.92 Å². The van der Waals surface area contributed by atoms with Gasteiger partial charge < -0.3 is 10.5 Å². The van der Waals surface area contributed by atoms with Gasteiger partial charge in [0.25, 0.3) is 0 Å². The fourth-order valence-electron chi connectivity index (χ4n) is 1.58. The minimum absolute atomic E-state index is 0.324. The highest BCUT2D eigenvalue weighted by atomic mass is 16.5. The highest BCUT2D eigenvalue weighted by Crippen LogP contribution is 2.33. The number of rotatable bonds is 1. The molecule has 0 amide bonds. The first-order chi connectivity index (χ1) is 6.21. The van der Waals surface area contributed by atoms with Gasteiger partial charge in [-0.3, -0.25) is 0 Å². The molecule has 0 aromatic carbocycles. The second kappa shape index (κ2) is 2.96. The zero-order valence-corrected chi connectivity index (χ0v) is 7.66. The number of nitrogen functional groups attached to an aromatic ring is 1. The molecule has 2 rings (SSSR count). The number of anilines is 1. The molecule has 4 nitrogen and oxygen atoms in total. The van der Waals surface area contributed by atoms with Crippen molar-refractivity contribution in [2.24, 2.45) is 0 Å². The highest BCUT2D eigenvalue weighted by Gasteiger charge is 2.34. The third-order valence-corrected chi connectivity index (χ3v) is 2.37. The second-order valence-corrected chi connectivity index (χ2v) is 3.49. The summed E-state index contributed by atoms with van der Waals surface area (Å²) in [5.41, 5.74) is 5.25. The van der Waals surface area contributed by atoms with E-state index in [4.69, 9.17) is 10.5 Å². The SMILES string of the molecule is CC1(c2nccc(N)n2)CCCO1. The Morgan fingerprint density at radius 2 is 2.46 bits per heavy atom. The maximum absolute atomic E-state index is 5.60. The third kappa shape index (κ3) is 1.49. The summed E-state index contributed by atoms with van der Waals surface area (Å²) >= 11 is 0. The normalized spacial score (nSPS) is 27.8. The Balaban J connectivity index is 2.33. The van der Waals surface area contributed by atoms with Gasteiger partial charge in [0.05, 0.1) is 0 Å². The van der Waals surface area contributed by atoms with Crippen molar-refractivity contribution >= 4 is 5.82 Å². The number of nitrogens with zero attached hydrogens (tertiary/aromatic N) is 2. The summed E-state index contributed by atoms with van der Waals surface area (Å²) in [6.07, 6.45) is 3.70. The molecule has 1 saturated heterocycles. The topological polar surface area (TPSA) is 61.0 Å². The predicted octanol–water partition coefficient (Wildman–Crippen LogP) is 1.08. The zero-order valence-electron chi connectivity index (χ0n) is 7.66. The number of ether oxygens (including phenoxy) is 1. The lowest BCUT2D eigenvalue weighted by atomic mass is 10.0. The van der Waals surface area contributed by atoms with E-state index in [9.17, 15) is 0 Å². The summed E-state index contributed by atoms with van der Waals surface area (Å²) in [4.78, 5) is 8.35. The van der Waals surface area contributed by atoms with E-state index < -0.39 is 0 Å². The molecule has 1 aromatic heterocycles. The molecule has 0 bridgehead atoms. The van der Waals surface area contributed by atoms with E-state index in [-0.39, 0.29) is 5.60 Å². The van der Waals surface area contributed by atoms with Crippen molar-refractivity contribution in [3.8, 4) is 0 Å². The largest absolute Gasteiger partial charge is 0.384 e. The first-order valence-corrected chi connectivity index (χ1v) is 4.44. The number of nitrogens with two attached hydrogens (primary N) is 1. The summed E-state index contributed by atoms with van der Waals surface area (Å²) in [5.74, 6) is 1.20. The molecule has 1 aliphatic heterocycles. The molecule has 2 heterocycles. The molecule has 0 saturated carbocycles. The van der Waals surface area contributed by atoms with Crippen molar-refractivity contribution in [1.29, 1.82) is 0 Å². The summed E-state index contributed by atoms with van der Waals surface area (Å²) < 4.78 is 5.60. The average molecular weight is 179 g/mol. The second-order valence-electron chi connectivity index (χ2n) is 3.49. The van der Waals surface area contributed by atoms with Crippen molar-refractivity contribution in [2.75, 3.05) is 12.3 Å². The van der Waals surface area contributed by atoms with Crippen LogP contribution in [0.3, 0.4) is 0 Å². The molecule has 1 fully saturated rings. The van der Waals surface area contributed by atoms with Gasteiger partial charge in [-0.1, -0.05) is 0 Å². The Bertz CT molecular complexity index is 307.